The predicted octanol–water partition coefficient (Wildman–Crippen LogP) is 1.08. The van der Waals surface area contributed by atoms with Crippen molar-refractivity contribution in [3.05, 3.63) is 23.9 Å². The quantitative estimate of drug-likeness (QED) is 0.774. The highest BCUT2D eigenvalue weighted by Gasteiger charge is 2.22. The van der Waals surface area contributed by atoms with E-state index in [-0.39, 0.29) is 11.4 Å². The van der Waals surface area contributed by atoms with Crippen molar-refractivity contribution in [3.8, 4) is 5.88 Å². The van der Waals surface area contributed by atoms with E-state index in [1.807, 2.05) is 13.8 Å². The zero-order chi connectivity index (χ0) is 12.9. The number of aromatic nitrogens is 1. The van der Waals surface area contributed by atoms with Gasteiger partial charge in [0.1, 0.15) is 12.2 Å². The minimum Gasteiger partial charge on any atom is -0.475 e. The number of amides is 1. The Kier molecular flexibility index (Phi) is 4.45. The molecule has 17 heavy (non-hydrogen) atoms. The number of hydrogen-bond donors (Lipinski definition) is 2. The summed E-state index contributed by atoms with van der Waals surface area (Å²) in [4.78, 5) is 15.1. The van der Waals surface area contributed by atoms with Crippen LogP contribution < -0.4 is 16.2 Å². The molecule has 1 rings (SSSR count). The third-order valence-electron chi connectivity index (χ3n) is 2.94. The molecular formula is C12H19N3O2. The van der Waals surface area contributed by atoms with Gasteiger partial charge in [0.25, 0.3) is 5.91 Å². The third kappa shape index (κ3) is 3.42. The van der Waals surface area contributed by atoms with Gasteiger partial charge >= 0.3 is 0 Å². The summed E-state index contributed by atoms with van der Waals surface area (Å²) in [5.74, 6) is -0.305. The van der Waals surface area contributed by atoms with Crippen LogP contribution in [-0.2, 0) is 0 Å². The predicted molar refractivity (Wildman–Crippen MR) is 65.8 cm³/mol. The van der Waals surface area contributed by atoms with Gasteiger partial charge in [-0.1, -0.05) is 13.8 Å². The molecule has 0 aliphatic rings. The maximum atomic E-state index is 11.2. The molecule has 94 valence electrons. The minimum atomic E-state index is -0.552. The van der Waals surface area contributed by atoms with Crippen molar-refractivity contribution in [3.63, 3.8) is 0 Å². The van der Waals surface area contributed by atoms with Crippen LogP contribution in [0.25, 0.3) is 0 Å². The summed E-state index contributed by atoms with van der Waals surface area (Å²) in [6.07, 6.45) is 3.14. The van der Waals surface area contributed by atoms with Crippen LogP contribution in [0.1, 0.15) is 37.0 Å². The van der Waals surface area contributed by atoms with Gasteiger partial charge in [-0.15, -0.1) is 0 Å². The first-order valence-corrected chi connectivity index (χ1v) is 5.69. The molecule has 0 aliphatic carbocycles. The Bertz CT molecular complexity index is 389. The number of carbonyl (C=O) groups is 1. The zero-order valence-corrected chi connectivity index (χ0v) is 10.3. The molecule has 5 heteroatoms. The molecule has 0 saturated heterocycles. The van der Waals surface area contributed by atoms with Gasteiger partial charge in [0.05, 0.1) is 0 Å². The molecule has 0 bridgehead atoms. The van der Waals surface area contributed by atoms with Crippen molar-refractivity contribution >= 4 is 5.91 Å². The van der Waals surface area contributed by atoms with E-state index < -0.39 is 11.4 Å². The van der Waals surface area contributed by atoms with Crippen molar-refractivity contribution in [2.75, 3.05) is 6.61 Å². The van der Waals surface area contributed by atoms with Crippen molar-refractivity contribution in [1.82, 2.24) is 4.98 Å². The van der Waals surface area contributed by atoms with Crippen LogP contribution in [0, 0.1) is 0 Å². The van der Waals surface area contributed by atoms with Crippen LogP contribution in [0.5, 0.6) is 5.88 Å². The number of nitrogens with zero attached hydrogens (tertiary/aromatic N) is 1. The molecule has 1 aromatic heterocycles. The Morgan fingerprint density at radius 3 is 2.65 bits per heavy atom. The van der Waals surface area contributed by atoms with Crippen molar-refractivity contribution in [1.29, 1.82) is 0 Å². The summed E-state index contributed by atoms with van der Waals surface area (Å²) in [5.41, 5.74) is 11.2. The average molecular weight is 237 g/mol. The lowest BCUT2D eigenvalue weighted by atomic mass is 9.96. The number of rotatable bonds is 6. The molecule has 0 atom stereocenters. The van der Waals surface area contributed by atoms with Crippen LogP contribution >= 0.6 is 0 Å². The van der Waals surface area contributed by atoms with Gasteiger partial charge in [0.2, 0.25) is 5.88 Å². The Morgan fingerprint density at radius 1 is 1.47 bits per heavy atom. The van der Waals surface area contributed by atoms with Gasteiger partial charge in [-0.25, -0.2) is 4.98 Å². The second-order valence-electron chi connectivity index (χ2n) is 4.08. The molecule has 0 radical (unpaired) electrons. The maximum absolute atomic E-state index is 11.2. The van der Waals surface area contributed by atoms with Gasteiger partial charge in [-0.3, -0.25) is 4.79 Å². The molecule has 1 heterocycles. The van der Waals surface area contributed by atoms with E-state index in [1.165, 1.54) is 0 Å². The van der Waals surface area contributed by atoms with E-state index >= 15 is 0 Å². The lowest BCUT2D eigenvalue weighted by Crippen LogP contribution is -2.44. The smallest absolute Gasteiger partial charge is 0.254 e. The summed E-state index contributed by atoms with van der Waals surface area (Å²) >= 11 is 0. The average Bonchev–Trinajstić information content (AvgIpc) is 2.36. The van der Waals surface area contributed by atoms with Gasteiger partial charge in [0.15, 0.2) is 0 Å². The molecule has 4 N–H and O–H groups in total. The van der Waals surface area contributed by atoms with Crippen LogP contribution in [0.4, 0.5) is 0 Å². The van der Waals surface area contributed by atoms with Crippen LogP contribution in [-0.4, -0.2) is 23.0 Å². The molecular weight excluding hydrogens is 218 g/mol. The first-order chi connectivity index (χ1) is 8.02. The Labute approximate surface area is 101 Å². The van der Waals surface area contributed by atoms with Gasteiger partial charge in [-0.2, -0.15) is 0 Å². The van der Waals surface area contributed by atoms with Gasteiger partial charge in [0, 0.05) is 11.7 Å². The SMILES string of the molecule is CCC(N)(CC)COc1ncccc1C(N)=O. The van der Waals surface area contributed by atoms with Crippen LogP contribution in [0.15, 0.2) is 18.3 Å². The molecule has 5 nitrogen and oxygen atoms in total. The molecule has 1 amide bonds. The molecule has 0 saturated carbocycles. The van der Waals surface area contributed by atoms with Crippen molar-refractivity contribution < 1.29 is 9.53 Å². The van der Waals surface area contributed by atoms with E-state index in [0.717, 1.165) is 12.8 Å². The maximum Gasteiger partial charge on any atom is 0.254 e. The summed E-state index contributed by atoms with van der Waals surface area (Å²) in [6.45, 7) is 4.32. The fraction of sp³-hybridized carbons (Fsp3) is 0.500. The fourth-order valence-electron chi connectivity index (χ4n) is 1.36. The first-order valence-electron chi connectivity index (χ1n) is 5.69. The highest BCUT2D eigenvalue weighted by Crippen LogP contribution is 2.17. The van der Waals surface area contributed by atoms with Crippen LogP contribution in [0.3, 0.4) is 0 Å². The third-order valence-corrected chi connectivity index (χ3v) is 2.94. The lowest BCUT2D eigenvalue weighted by molar-refractivity contribution is 0.0992. The summed E-state index contributed by atoms with van der Waals surface area (Å²) in [7, 11) is 0. The fourth-order valence-corrected chi connectivity index (χ4v) is 1.36. The number of hydrogen-bond acceptors (Lipinski definition) is 4. The lowest BCUT2D eigenvalue weighted by Gasteiger charge is -2.26. The Morgan fingerprint density at radius 2 is 2.12 bits per heavy atom. The molecule has 1 aromatic rings. The summed E-state index contributed by atoms with van der Waals surface area (Å²) < 4.78 is 5.51. The highest BCUT2D eigenvalue weighted by molar-refractivity contribution is 5.94. The van der Waals surface area contributed by atoms with Gasteiger partial charge < -0.3 is 16.2 Å². The number of ether oxygens (including phenoxy) is 1. The van der Waals surface area contributed by atoms with Crippen molar-refractivity contribution in [2.45, 2.75) is 32.2 Å². The second kappa shape index (κ2) is 5.63. The Hall–Kier alpha value is -1.62. The highest BCUT2D eigenvalue weighted by atomic mass is 16.5. The van der Waals surface area contributed by atoms with E-state index in [9.17, 15) is 4.79 Å². The standard InChI is InChI=1S/C12H19N3O2/c1-3-12(14,4-2)8-17-11-9(10(13)16)6-5-7-15-11/h5-7H,3-4,8,14H2,1-2H3,(H2,13,16). The monoisotopic (exact) mass is 237 g/mol. The van der Waals surface area contributed by atoms with Gasteiger partial charge in [-0.05, 0) is 25.0 Å². The molecule has 0 aromatic carbocycles. The molecule has 0 fully saturated rings. The first kappa shape index (κ1) is 13.4. The zero-order valence-electron chi connectivity index (χ0n) is 10.3. The molecule has 0 spiro atoms. The normalized spacial score (nSPS) is 11.2. The van der Waals surface area contributed by atoms with Crippen LogP contribution in [0.2, 0.25) is 0 Å². The summed E-state index contributed by atoms with van der Waals surface area (Å²) in [6, 6.07) is 3.23. The second-order valence-corrected chi connectivity index (χ2v) is 4.08. The summed E-state index contributed by atoms with van der Waals surface area (Å²) in [5, 5.41) is 0. The number of nitrogens with two attached hydrogens (primary N) is 2. The number of primary amides is 1. The van der Waals surface area contributed by atoms with E-state index in [0.29, 0.717) is 6.61 Å². The number of carbonyl (C=O) groups excluding carboxylic acids is 1. The van der Waals surface area contributed by atoms with E-state index in [2.05, 4.69) is 4.98 Å². The molecule has 0 aliphatic heterocycles. The Balaban J connectivity index is 2.79. The van der Waals surface area contributed by atoms with E-state index in [1.54, 1.807) is 18.3 Å². The topological polar surface area (TPSA) is 91.2 Å². The van der Waals surface area contributed by atoms with Crippen molar-refractivity contribution in [2.24, 2.45) is 11.5 Å². The minimum absolute atomic E-state index is 0.247. The largest absolute Gasteiger partial charge is 0.475 e. The molecule has 0 unspecified atom stereocenters. The van der Waals surface area contributed by atoms with E-state index in [4.69, 9.17) is 16.2 Å². The number of pyridine rings is 1.